The topological polar surface area (TPSA) is 47.9 Å². The molecule has 2 N–H and O–H groups in total. The van der Waals surface area contributed by atoms with Crippen LogP contribution in [0.4, 0.5) is 10.1 Å². The summed E-state index contributed by atoms with van der Waals surface area (Å²) in [5.41, 5.74) is 0.920. The smallest absolute Gasteiger partial charge is 0.141 e. The first-order valence-electron chi connectivity index (χ1n) is 5.46. The van der Waals surface area contributed by atoms with Gasteiger partial charge in [-0.25, -0.2) is 4.39 Å². The van der Waals surface area contributed by atoms with Crippen LogP contribution in [0.5, 0.6) is 0 Å². The molecule has 1 aromatic rings. The fourth-order valence-electron chi connectivity index (χ4n) is 1.90. The fourth-order valence-corrected chi connectivity index (χ4v) is 1.90. The average Bonchev–Trinajstić information content (AvgIpc) is 2.33. The molecule has 0 aromatic heterocycles. The van der Waals surface area contributed by atoms with Crippen molar-refractivity contribution in [3.8, 4) is 6.07 Å². The quantitative estimate of drug-likeness (QED) is 0.881. The number of nitrogens with zero attached hydrogens (tertiary/aromatic N) is 1. The number of hydrogen-bond acceptors (Lipinski definition) is 3. The summed E-state index contributed by atoms with van der Waals surface area (Å²) < 4.78 is 13.1. The van der Waals surface area contributed by atoms with Crippen molar-refractivity contribution in [2.24, 2.45) is 0 Å². The summed E-state index contributed by atoms with van der Waals surface area (Å²) >= 11 is 0. The summed E-state index contributed by atoms with van der Waals surface area (Å²) in [7, 11) is 0. The van der Waals surface area contributed by atoms with Gasteiger partial charge in [0.05, 0.1) is 5.56 Å². The van der Waals surface area contributed by atoms with Gasteiger partial charge in [-0.1, -0.05) is 0 Å². The van der Waals surface area contributed by atoms with Crippen LogP contribution < -0.4 is 10.6 Å². The molecule has 2 rings (SSSR count). The Kier molecular flexibility index (Phi) is 7.69. The van der Waals surface area contributed by atoms with E-state index in [0.717, 1.165) is 31.6 Å². The third-order valence-corrected chi connectivity index (χ3v) is 2.80. The summed E-state index contributed by atoms with van der Waals surface area (Å²) in [6, 6.07) is 6.84. The van der Waals surface area contributed by atoms with Gasteiger partial charge < -0.3 is 10.6 Å². The van der Waals surface area contributed by atoms with Gasteiger partial charge in [0, 0.05) is 11.7 Å². The second kappa shape index (κ2) is 8.15. The Hall–Kier alpha value is -1.02. The van der Waals surface area contributed by atoms with E-state index in [1.807, 2.05) is 6.07 Å². The largest absolute Gasteiger partial charge is 0.382 e. The number of anilines is 1. The van der Waals surface area contributed by atoms with Crippen LogP contribution in [-0.2, 0) is 0 Å². The Morgan fingerprint density at radius 3 is 2.56 bits per heavy atom. The molecule has 6 heteroatoms. The summed E-state index contributed by atoms with van der Waals surface area (Å²) in [5, 5.41) is 15.3. The number of benzene rings is 1. The normalized spacial score (nSPS) is 14.9. The lowest BCUT2D eigenvalue weighted by molar-refractivity contribution is 0.479. The average molecular weight is 292 g/mol. The minimum atomic E-state index is -0.460. The molecule has 1 fully saturated rings. The van der Waals surface area contributed by atoms with Crippen LogP contribution in [0.25, 0.3) is 0 Å². The lowest BCUT2D eigenvalue weighted by Crippen LogP contribution is -2.35. The van der Waals surface area contributed by atoms with Crippen molar-refractivity contribution in [1.82, 2.24) is 5.32 Å². The first-order chi connectivity index (χ1) is 7.79. The lowest BCUT2D eigenvalue weighted by atomic mass is 10.1. The standard InChI is InChI=1S/C12H14FN3.2ClH/c13-12-2-1-11(7-9(12)8-14)16-10-3-5-15-6-4-10;;/h1-2,7,10,15-16H,3-6H2;2*1H. The molecule has 1 aromatic carbocycles. The van der Waals surface area contributed by atoms with Crippen molar-refractivity contribution in [2.75, 3.05) is 18.4 Å². The molecule has 100 valence electrons. The van der Waals surface area contributed by atoms with Gasteiger partial charge in [-0.3, -0.25) is 0 Å². The maximum Gasteiger partial charge on any atom is 0.141 e. The number of nitrogens with one attached hydrogen (secondary N) is 2. The molecule has 3 nitrogen and oxygen atoms in total. The van der Waals surface area contributed by atoms with Crippen LogP contribution in [0.15, 0.2) is 18.2 Å². The predicted molar refractivity (Wildman–Crippen MR) is 75.1 cm³/mol. The minimum absolute atomic E-state index is 0. The monoisotopic (exact) mass is 291 g/mol. The number of rotatable bonds is 2. The van der Waals surface area contributed by atoms with Crippen LogP contribution in [0.3, 0.4) is 0 Å². The van der Waals surface area contributed by atoms with Crippen molar-refractivity contribution >= 4 is 30.5 Å². The Bertz CT molecular complexity index is 414. The van der Waals surface area contributed by atoms with E-state index in [9.17, 15) is 4.39 Å². The molecular formula is C12H16Cl2FN3. The third-order valence-electron chi connectivity index (χ3n) is 2.80. The first-order valence-corrected chi connectivity index (χ1v) is 5.46. The van der Waals surface area contributed by atoms with E-state index < -0.39 is 5.82 Å². The Balaban J connectivity index is 0.00000144. The SMILES string of the molecule is Cl.Cl.N#Cc1cc(NC2CCNCC2)ccc1F. The molecule has 0 radical (unpaired) electrons. The van der Waals surface area contributed by atoms with Crippen LogP contribution in [0.2, 0.25) is 0 Å². The van der Waals surface area contributed by atoms with Crippen molar-refractivity contribution in [2.45, 2.75) is 18.9 Å². The van der Waals surface area contributed by atoms with E-state index in [0.29, 0.717) is 6.04 Å². The Labute approximate surface area is 119 Å². The Morgan fingerprint density at radius 1 is 1.28 bits per heavy atom. The van der Waals surface area contributed by atoms with Gasteiger partial charge in [-0.05, 0) is 44.1 Å². The molecule has 1 aliphatic rings. The highest BCUT2D eigenvalue weighted by atomic mass is 35.5. The van der Waals surface area contributed by atoms with Crippen LogP contribution >= 0.6 is 24.8 Å². The molecule has 0 bridgehead atoms. The second-order valence-corrected chi connectivity index (χ2v) is 3.98. The van der Waals surface area contributed by atoms with Gasteiger partial charge in [0.25, 0.3) is 0 Å². The maximum absolute atomic E-state index is 13.1. The molecule has 1 heterocycles. The number of halogens is 3. The highest BCUT2D eigenvalue weighted by molar-refractivity contribution is 5.85. The zero-order valence-corrected chi connectivity index (χ0v) is 11.4. The molecular weight excluding hydrogens is 276 g/mol. The minimum Gasteiger partial charge on any atom is -0.382 e. The summed E-state index contributed by atoms with van der Waals surface area (Å²) in [4.78, 5) is 0. The summed E-state index contributed by atoms with van der Waals surface area (Å²) in [5.74, 6) is -0.460. The van der Waals surface area contributed by atoms with Crippen LogP contribution in [-0.4, -0.2) is 19.1 Å². The molecule has 0 spiro atoms. The summed E-state index contributed by atoms with van der Waals surface area (Å²) in [6.45, 7) is 2.01. The van der Waals surface area contributed by atoms with Crippen LogP contribution in [0, 0.1) is 17.1 Å². The van der Waals surface area contributed by atoms with Crippen molar-refractivity contribution in [1.29, 1.82) is 5.26 Å². The van der Waals surface area contributed by atoms with Gasteiger partial charge in [-0.15, -0.1) is 24.8 Å². The highest BCUT2D eigenvalue weighted by Gasteiger charge is 2.13. The number of hydrogen-bond donors (Lipinski definition) is 2. The third kappa shape index (κ3) is 4.34. The van der Waals surface area contributed by atoms with E-state index >= 15 is 0 Å². The van der Waals surface area contributed by atoms with Gasteiger partial charge in [0.15, 0.2) is 0 Å². The molecule has 0 unspecified atom stereocenters. The lowest BCUT2D eigenvalue weighted by Gasteiger charge is -2.24. The van der Waals surface area contributed by atoms with Crippen molar-refractivity contribution in [3.05, 3.63) is 29.6 Å². The molecule has 0 aliphatic carbocycles. The fraction of sp³-hybridized carbons (Fsp3) is 0.417. The summed E-state index contributed by atoms with van der Waals surface area (Å²) in [6.07, 6.45) is 2.11. The zero-order chi connectivity index (χ0) is 11.4. The maximum atomic E-state index is 13.1. The zero-order valence-electron chi connectivity index (χ0n) is 9.78. The van der Waals surface area contributed by atoms with Gasteiger partial charge in [0.1, 0.15) is 11.9 Å². The molecule has 0 atom stereocenters. The van der Waals surface area contributed by atoms with Gasteiger partial charge in [0.2, 0.25) is 0 Å². The van der Waals surface area contributed by atoms with E-state index in [1.54, 1.807) is 12.1 Å². The van der Waals surface area contributed by atoms with E-state index in [2.05, 4.69) is 10.6 Å². The molecule has 0 saturated carbocycles. The number of piperidine rings is 1. The van der Waals surface area contributed by atoms with E-state index in [-0.39, 0.29) is 30.4 Å². The van der Waals surface area contributed by atoms with Crippen molar-refractivity contribution < 1.29 is 4.39 Å². The second-order valence-electron chi connectivity index (χ2n) is 3.98. The molecule has 1 aliphatic heterocycles. The number of nitriles is 1. The molecule has 1 saturated heterocycles. The van der Waals surface area contributed by atoms with E-state index in [4.69, 9.17) is 5.26 Å². The molecule has 18 heavy (non-hydrogen) atoms. The van der Waals surface area contributed by atoms with Gasteiger partial charge >= 0.3 is 0 Å². The first kappa shape index (κ1) is 17.0. The van der Waals surface area contributed by atoms with E-state index in [1.165, 1.54) is 6.07 Å². The van der Waals surface area contributed by atoms with Gasteiger partial charge in [-0.2, -0.15) is 5.26 Å². The predicted octanol–water partition coefficient (Wildman–Crippen LogP) is 2.70. The highest BCUT2D eigenvalue weighted by Crippen LogP contribution is 2.17. The van der Waals surface area contributed by atoms with Crippen molar-refractivity contribution in [3.63, 3.8) is 0 Å². The van der Waals surface area contributed by atoms with Crippen LogP contribution in [0.1, 0.15) is 18.4 Å². The molecule has 0 amide bonds. The Morgan fingerprint density at radius 2 is 1.94 bits per heavy atom.